The molecule has 1 unspecified atom stereocenters. The Bertz CT molecular complexity index is 997. The average molecular weight is 494 g/mol. The Kier molecular flexibility index (Phi) is 6.76. The van der Waals surface area contributed by atoms with Gasteiger partial charge in [-0.25, -0.2) is 4.39 Å². The number of ether oxygens (including phenoxy) is 1. The molecule has 2 N–H and O–H groups in total. The fourth-order valence-electron chi connectivity index (χ4n) is 3.07. The standard InChI is InChI=1S/C20H16F10O3/c1-10-3-5-12(7-14(10)16(31,9-21)18(22,23)24)33-13-6-4-11(2)15(8-13)17(32,19(25,26)27)20(28,29)30/h3-8,31-32H,9H2,1-2H3. The number of halogens is 10. The number of aliphatic hydroxyl groups is 2. The van der Waals surface area contributed by atoms with Gasteiger partial charge >= 0.3 is 18.5 Å². The number of rotatable bonds is 5. The van der Waals surface area contributed by atoms with E-state index in [1.165, 1.54) is 0 Å². The van der Waals surface area contributed by atoms with Crippen molar-refractivity contribution >= 4 is 0 Å². The maximum Gasteiger partial charge on any atom is 0.430 e. The molecule has 0 amide bonds. The second-order valence-electron chi connectivity index (χ2n) is 7.25. The van der Waals surface area contributed by atoms with Crippen LogP contribution in [0.4, 0.5) is 43.9 Å². The van der Waals surface area contributed by atoms with Crippen molar-refractivity contribution in [1.29, 1.82) is 0 Å². The van der Waals surface area contributed by atoms with Gasteiger partial charge in [-0.1, -0.05) is 12.1 Å². The van der Waals surface area contributed by atoms with Crippen LogP contribution in [-0.2, 0) is 11.2 Å². The third kappa shape index (κ3) is 4.60. The van der Waals surface area contributed by atoms with E-state index in [1.807, 2.05) is 0 Å². The van der Waals surface area contributed by atoms with Crippen LogP contribution in [0, 0.1) is 13.8 Å². The molecular formula is C20H16F10O3. The quantitative estimate of drug-likeness (QED) is 0.492. The summed E-state index contributed by atoms with van der Waals surface area (Å²) < 4.78 is 137. The zero-order chi connectivity index (χ0) is 25.6. The van der Waals surface area contributed by atoms with Gasteiger partial charge in [-0.2, -0.15) is 39.5 Å². The third-order valence-electron chi connectivity index (χ3n) is 4.97. The van der Waals surface area contributed by atoms with Gasteiger partial charge in [-0.05, 0) is 49.2 Å². The Balaban J connectivity index is 2.59. The fourth-order valence-corrected chi connectivity index (χ4v) is 3.07. The summed E-state index contributed by atoms with van der Waals surface area (Å²) >= 11 is 0. The lowest BCUT2D eigenvalue weighted by Crippen LogP contribution is -2.54. The zero-order valence-corrected chi connectivity index (χ0v) is 16.8. The first-order valence-electron chi connectivity index (χ1n) is 8.90. The van der Waals surface area contributed by atoms with Crippen LogP contribution in [0.2, 0.25) is 0 Å². The van der Waals surface area contributed by atoms with E-state index in [9.17, 15) is 54.1 Å². The number of benzene rings is 2. The molecule has 0 aliphatic carbocycles. The molecule has 0 aromatic heterocycles. The summed E-state index contributed by atoms with van der Waals surface area (Å²) in [6.07, 6.45) is -17.8. The van der Waals surface area contributed by atoms with Gasteiger partial charge in [0.15, 0.2) is 0 Å². The van der Waals surface area contributed by atoms with Crippen LogP contribution in [0.1, 0.15) is 22.3 Å². The van der Waals surface area contributed by atoms with Crippen LogP contribution in [-0.4, -0.2) is 35.4 Å². The second kappa shape index (κ2) is 8.35. The van der Waals surface area contributed by atoms with E-state index in [0.717, 1.165) is 38.1 Å². The van der Waals surface area contributed by atoms with Crippen LogP contribution < -0.4 is 4.74 Å². The van der Waals surface area contributed by atoms with Gasteiger partial charge in [0.05, 0.1) is 0 Å². The van der Waals surface area contributed by atoms with Gasteiger partial charge < -0.3 is 14.9 Å². The molecule has 0 heterocycles. The molecule has 1 atom stereocenters. The van der Waals surface area contributed by atoms with Crippen molar-refractivity contribution in [3.8, 4) is 11.5 Å². The Hall–Kier alpha value is -2.54. The summed E-state index contributed by atoms with van der Waals surface area (Å²) in [6.45, 7) is -0.280. The number of hydrogen-bond acceptors (Lipinski definition) is 3. The summed E-state index contributed by atoms with van der Waals surface area (Å²) in [6, 6.07) is 4.47. The molecule has 0 aliphatic rings. The van der Waals surface area contributed by atoms with Gasteiger partial charge in [-0.3, -0.25) is 0 Å². The van der Waals surface area contributed by atoms with E-state index >= 15 is 0 Å². The summed E-state index contributed by atoms with van der Waals surface area (Å²) in [4.78, 5) is 0. The first kappa shape index (κ1) is 26.7. The summed E-state index contributed by atoms with van der Waals surface area (Å²) in [5.74, 6) is -1.25. The molecule has 0 saturated carbocycles. The van der Waals surface area contributed by atoms with Crippen LogP contribution in [0.5, 0.6) is 11.5 Å². The topological polar surface area (TPSA) is 49.7 Å². The van der Waals surface area contributed by atoms with Gasteiger partial charge in [0, 0.05) is 11.1 Å². The molecule has 0 aliphatic heterocycles. The average Bonchev–Trinajstić information content (AvgIpc) is 2.67. The molecule has 2 aromatic rings. The highest BCUT2D eigenvalue weighted by Gasteiger charge is 2.71. The third-order valence-corrected chi connectivity index (χ3v) is 4.97. The summed E-state index contributed by atoms with van der Waals surface area (Å²) in [7, 11) is 0. The van der Waals surface area contributed by atoms with Gasteiger partial charge in [0.1, 0.15) is 18.2 Å². The van der Waals surface area contributed by atoms with Crippen molar-refractivity contribution < 1.29 is 58.9 Å². The number of aryl methyl sites for hydroxylation is 2. The molecule has 0 saturated heterocycles. The molecular weight excluding hydrogens is 478 g/mol. The van der Waals surface area contributed by atoms with Crippen LogP contribution in [0.3, 0.4) is 0 Å². The van der Waals surface area contributed by atoms with Crippen molar-refractivity contribution in [3.05, 3.63) is 58.7 Å². The SMILES string of the molecule is Cc1ccc(Oc2ccc(C)c(C(O)(C(F)(F)F)C(F)(F)F)c2)cc1C(O)(CF)C(F)(F)F. The number of alkyl halides is 10. The van der Waals surface area contributed by atoms with Crippen molar-refractivity contribution in [3.63, 3.8) is 0 Å². The molecule has 2 aromatic carbocycles. The van der Waals surface area contributed by atoms with E-state index in [1.54, 1.807) is 0 Å². The molecule has 0 bridgehead atoms. The molecule has 2 rings (SSSR count). The smallest absolute Gasteiger partial charge is 0.430 e. The van der Waals surface area contributed by atoms with Crippen molar-refractivity contribution in [2.24, 2.45) is 0 Å². The predicted molar refractivity (Wildman–Crippen MR) is 94.4 cm³/mol. The Morgan fingerprint density at radius 1 is 0.667 bits per heavy atom. The van der Waals surface area contributed by atoms with E-state index < -0.39 is 64.6 Å². The van der Waals surface area contributed by atoms with Crippen molar-refractivity contribution in [2.75, 3.05) is 6.67 Å². The minimum atomic E-state index is -6.17. The maximum atomic E-state index is 13.2. The predicted octanol–water partition coefficient (Wildman–Crippen LogP) is 6.13. The largest absolute Gasteiger partial charge is 0.457 e. The molecule has 184 valence electrons. The number of hydrogen-bond donors (Lipinski definition) is 2. The van der Waals surface area contributed by atoms with Gasteiger partial charge in [-0.15, -0.1) is 0 Å². The zero-order valence-electron chi connectivity index (χ0n) is 16.8. The Labute approximate surface area is 180 Å². The summed E-state index contributed by atoms with van der Waals surface area (Å²) in [5.41, 5.74) is -12.6. The molecule has 0 fully saturated rings. The molecule has 33 heavy (non-hydrogen) atoms. The van der Waals surface area contributed by atoms with Gasteiger partial charge in [0.2, 0.25) is 5.60 Å². The van der Waals surface area contributed by atoms with E-state index in [4.69, 9.17) is 4.74 Å². The minimum absolute atomic E-state index is 0.215. The van der Waals surface area contributed by atoms with Crippen molar-refractivity contribution in [1.82, 2.24) is 0 Å². The first-order chi connectivity index (χ1) is 14.8. The summed E-state index contributed by atoms with van der Waals surface area (Å²) in [5, 5.41) is 19.5. The lowest BCUT2D eigenvalue weighted by atomic mass is 9.88. The Morgan fingerprint density at radius 3 is 1.42 bits per heavy atom. The van der Waals surface area contributed by atoms with E-state index in [2.05, 4.69) is 0 Å². The first-order valence-corrected chi connectivity index (χ1v) is 8.90. The molecule has 3 nitrogen and oxygen atoms in total. The van der Waals surface area contributed by atoms with Crippen LogP contribution >= 0.6 is 0 Å². The maximum absolute atomic E-state index is 13.2. The highest BCUT2D eigenvalue weighted by Crippen LogP contribution is 2.51. The molecule has 0 radical (unpaired) electrons. The lowest BCUT2D eigenvalue weighted by Gasteiger charge is -2.34. The molecule has 0 spiro atoms. The van der Waals surface area contributed by atoms with E-state index in [-0.39, 0.29) is 11.6 Å². The second-order valence-corrected chi connectivity index (χ2v) is 7.25. The lowest BCUT2D eigenvalue weighted by molar-refractivity contribution is -0.376. The molecule has 13 heteroatoms. The highest BCUT2D eigenvalue weighted by atomic mass is 19.4. The monoisotopic (exact) mass is 494 g/mol. The van der Waals surface area contributed by atoms with Crippen LogP contribution in [0.25, 0.3) is 0 Å². The highest BCUT2D eigenvalue weighted by molar-refractivity contribution is 5.45. The van der Waals surface area contributed by atoms with E-state index in [0.29, 0.717) is 6.07 Å². The van der Waals surface area contributed by atoms with Crippen molar-refractivity contribution in [2.45, 2.75) is 43.6 Å². The van der Waals surface area contributed by atoms with Gasteiger partial charge in [0.25, 0.3) is 5.60 Å². The Morgan fingerprint density at radius 2 is 1.06 bits per heavy atom. The normalized spacial score (nSPS) is 15.3. The minimum Gasteiger partial charge on any atom is -0.457 e. The fraction of sp³-hybridized carbons (Fsp3) is 0.400. The van der Waals surface area contributed by atoms with Crippen LogP contribution in [0.15, 0.2) is 36.4 Å².